The number of aromatic nitrogens is 5. The maximum Gasteiger partial charge on any atom is 0.498 e. The Morgan fingerprint density at radius 3 is 2.47 bits per heavy atom. The molecule has 0 N–H and O–H groups in total. The molecule has 4 aromatic rings. The highest BCUT2D eigenvalue weighted by Crippen LogP contribution is 2.38. The lowest BCUT2D eigenvalue weighted by molar-refractivity contribution is 0.00578. The SMILES string of the molecule is Cc1c(-c2cc(OC(C)c3ccc(F)cn3)c3c(B4OC(C)(C)C(C)(C)O4)cnn3c2)nn2c1CN(C(=O)OC(C)(C)C)CC2. The minimum atomic E-state index is -0.666. The van der Waals surface area contributed by atoms with Crippen molar-refractivity contribution in [2.45, 2.75) is 98.3 Å². The minimum absolute atomic E-state index is 0.344. The molecule has 238 valence electrons. The fourth-order valence-corrected chi connectivity index (χ4v) is 5.55. The third-order valence-electron chi connectivity index (χ3n) is 8.75. The van der Waals surface area contributed by atoms with Gasteiger partial charge < -0.3 is 23.7 Å². The summed E-state index contributed by atoms with van der Waals surface area (Å²) in [6, 6.07) is 4.90. The van der Waals surface area contributed by atoms with Crippen molar-refractivity contribution in [3.63, 3.8) is 0 Å². The van der Waals surface area contributed by atoms with E-state index in [9.17, 15) is 9.18 Å². The summed E-state index contributed by atoms with van der Waals surface area (Å²) in [6.45, 7) is 18.9. The van der Waals surface area contributed by atoms with Crippen LogP contribution < -0.4 is 10.2 Å². The standard InChI is InChI=1S/C32H40BFN6O5/c1-19-25-18-38(29(41)43-30(3,4)5)12-13-39(25)37-27(19)21-14-26(42-20(2)24-11-10-22(34)15-35-24)28-23(16-36-40(28)17-21)33-44-31(6,7)32(8,9)45-33/h10-11,14-17,20H,12-13,18H2,1-9H3. The Morgan fingerprint density at radius 1 is 1.11 bits per heavy atom. The number of carbonyl (C=O) groups excluding carboxylic acids is 1. The first kappa shape index (κ1) is 31.0. The first-order valence-electron chi connectivity index (χ1n) is 15.2. The zero-order valence-electron chi connectivity index (χ0n) is 27.3. The number of rotatable bonds is 5. The van der Waals surface area contributed by atoms with Crippen LogP contribution in [0.3, 0.4) is 0 Å². The lowest BCUT2D eigenvalue weighted by Gasteiger charge is -2.32. The normalized spacial score (nSPS) is 18.3. The molecule has 1 unspecified atom stereocenters. The zero-order valence-corrected chi connectivity index (χ0v) is 27.3. The topological polar surface area (TPSA) is 105 Å². The van der Waals surface area contributed by atoms with Gasteiger partial charge in [0.15, 0.2) is 0 Å². The molecule has 2 aliphatic rings. The summed E-state index contributed by atoms with van der Waals surface area (Å²) >= 11 is 0. The van der Waals surface area contributed by atoms with E-state index in [-0.39, 0.29) is 6.09 Å². The first-order valence-corrected chi connectivity index (χ1v) is 15.2. The fourth-order valence-electron chi connectivity index (χ4n) is 5.55. The molecule has 1 fully saturated rings. The third-order valence-corrected chi connectivity index (χ3v) is 8.75. The van der Waals surface area contributed by atoms with Crippen LogP contribution in [0.25, 0.3) is 16.8 Å². The maximum absolute atomic E-state index is 13.6. The van der Waals surface area contributed by atoms with Crippen molar-refractivity contribution in [2.24, 2.45) is 0 Å². The van der Waals surface area contributed by atoms with Crippen molar-refractivity contribution in [3.8, 4) is 17.0 Å². The average Bonchev–Trinajstić information content (AvgIpc) is 3.59. The molecule has 0 aliphatic carbocycles. The van der Waals surface area contributed by atoms with E-state index in [1.807, 2.05) is 79.3 Å². The molecule has 4 aromatic heterocycles. The molecule has 45 heavy (non-hydrogen) atoms. The number of hydrogen-bond acceptors (Lipinski definition) is 8. The summed E-state index contributed by atoms with van der Waals surface area (Å²) in [6.07, 6.45) is 3.96. The maximum atomic E-state index is 13.6. The highest BCUT2D eigenvalue weighted by molar-refractivity contribution is 6.64. The Kier molecular flexibility index (Phi) is 7.47. The van der Waals surface area contributed by atoms with Crippen LogP contribution in [0.5, 0.6) is 5.75 Å². The van der Waals surface area contributed by atoms with E-state index in [0.29, 0.717) is 36.6 Å². The van der Waals surface area contributed by atoms with Gasteiger partial charge in [-0.2, -0.15) is 10.2 Å². The van der Waals surface area contributed by atoms with Crippen LogP contribution in [0.1, 0.15) is 78.4 Å². The van der Waals surface area contributed by atoms with Gasteiger partial charge in [-0.15, -0.1) is 0 Å². The summed E-state index contributed by atoms with van der Waals surface area (Å²) in [5.74, 6) is 0.104. The molecule has 0 bridgehead atoms. The van der Waals surface area contributed by atoms with Gasteiger partial charge in [0.1, 0.15) is 28.8 Å². The van der Waals surface area contributed by atoms with Gasteiger partial charge in [-0.05, 0) is 80.5 Å². The highest BCUT2D eigenvalue weighted by Gasteiger charge is 2.52. The van der Waals surface area contributed by atoms with Crippen LogP contribution in [0.2, 0.25) is 0 Å². The van der Waals surface area contributed by atoms with Gasteiger partial charge in [0.05, 0.1) is 47.6 Å². The molecule has 13 heteroatoms. The lowest BCUT2D eigenvalue weighted by atomic mass is 9.80. The second-order valence-corrected chi connectivity index (χ2v) is 13.8. The highest BCUT2D eigenvalue weighted by atomic mass is 19.1. The Balaban J connectivity index is 1.40. The van der Waals surface area contributed by atoms with Crippen LogP contribution in [0, 0.1) is 12.7 Å². The molecule has 6 heterocycles. The average molecular weight is 619 g/mol. The Labute approximate surface area is 262 Å². The number of ether oxygens (including phenoxy) is 2. The van der Waals surface area contributed by atoms with Gasteiger partial charge in [0.2, 0.25) is 0 Å². The second-order valence-electron chi connectivity index (χ2n) is 13.8. The molecular weight excluding hydrogens is 578 g/mol. The third kappa shape index (κ3) is 5.79. The van der Waals surface area contributed by atoms with Crippen LogP contribution in [0.15, 0.2) is 36.8 Å². The van der Waals surface area contributed by atoms with Gasteiger partial charge in [-0.3, -0.25) is 9.67 Å². The number of hydrogen-bond donors (Lipinski definition) is 0. The van der Waals surface area contributed by atoms with Crippen molar-refractivity contribution in [1.82, 2.24) is 29.3 Å². The number of carbonyl (C=O) groups is 1. The van der Waals surface area contributed by atoms with Gasteiger partial charge in [0, 0.05) is 35.5 Å². The quantitative estimate of drug-likeness (QED) is 0.280. The van der Waals surface area contributed by atoms with Gasteiger partial charge in [-0.1, -0.05) is 0 Å². The molecule has 11 nitrogen and oxygen atoms in total. The predicted molar refractivity (Wildman–Crippen MR) is 167 cm³/mol. The molecular formula is C32H40BFN6O5. The molecule has 6 rings (SSSR count). The van der Waals surface area contributed by atoms with Gasteiger partial charge >= 0.3 is 13.2 Å². The van der Waals surface area contributed by atoms with E-state index >= 15 is 0 Å². The first-order chi connectivity index (χ1) is 21.0. The molecule has 2 aliphatic heterocycles. The number of amides is 1. The van der Waals surface area contributed by atoms with Crippen molar-refractivity contribution >= 4 is 24.2 Å². The Bertz CT molecular complexity index is 1740. The van der Waals surface area contributed by atoms with E-state index < -0.39 is 35.8 Å². The number of halogens is 1. The molecule has 1 atom stereocenters. The van der Waals surface area contributed by atoms with Gasteiger partial charge in [0.25, 0.3) is 0 Å². The second kappa shape index (κ2) is 10.8. The summed E-state index contributed by atoms with van der Waals surface area (Å²) < 4.78 is 42.3. The van der Waals surface area contributed by atoms with E-state index in [0.717, 1.165) is 28.0 Å². The largest absolute Gasteiger partial charge is 0.498 e. The zero-order chi connectivity index (χ0) is 32.5. The Hall–Kier alpha value is -3.97. The molecule has 0 radical (unpaired) electrons. The Morgan fingerprint density at radius 2 is 1.82 bits per heavy atom. The van der Waals surface area contributed by atoms with Crippen LogP contribution in [0.4, 0.5) is 9.18 Å². The van der Waals surface area contributed by atoms with E-state index in [2.05, 4.69) is 10.1 Å². The predicted octanol–water partition coefficient (Wildman–Crippen LogP) is 5.23. The summed E-state index contributed by atoms with van der Waals surface area (Å²) in [5, 5.41) is 9.63. The number of nitrogens with zero attached hydrogens (tertiary/aromatic N) is 6. The monoisotopic (exact) mass is 618 g/mol. The minimum Gasteiger partial charge on any atom is -0.482 e. The van der Waals surface area contributed by atoms with Crippen molar-refractivity contribution in [1.29, 1.82) is 0 Å². The van der Waals surface area contributed by atoms with Crippen LogP contribution in [-0.2, 0) is 27.1 Å². The van der Waals surface area contributed by atoms with E-state index in [1.165, 1.54) is 12.3 Å². The van der Waals surface area contributed by atoms with E-state index in [4.69, 9.17) is 23.9 Å². The fraction of sp³-hybridized carbons (Fsp3) is 0.500. The van der Waals surface area contributed by atoms with Crippen molar-refractivity contribution < 1.29 is 28.0 Å². The smallest absolute Gasteiger partial charge is 0.482 e. The van der Waals surface area contributed by atoms with Gasteiger partial charge in [-0.25, -0.2) is 13.7 Å². The molecule has 0 saturated carbocycles. The van der Waals surface area contributed by atoms with Crippen LogP contribution in [-0.4, -0.2) is 65.8 Å². The van der Waals surface area contributed by atoms with Crippen molar-refractivity contribution in [3.05, 3.63) is 59.6 Å². The number of fused-ring (bicyclic) bond motifs is 2. The number of pyridine rings is 2. The molecule has 1 saturated heterocycles. The lowest BCUT2D eigenvalue weighted by Crippen LogP contribution is -2.41. The molecule has 0 aromatic carbocycles. The van der Waals surface area contributed by atoms with Crippen molar-refractivity contribution in [2.75, 3.05) is 6.54 Å². The summed E-state index contributed by atoms with van der Waals surface area (Å²) in [7, 11) is -0.666. The summed E-state index contributed by atoms with van der Waals surface area (Å²) in [5.41, 5.74) is 3.73. The molecule has 0 spiro atoms. The van der Waals surface area contributed by atoms with Crippen LogP contribution >= 0.6 is 0 Å². The summed E-state index contributed by atoms with van der Waals surface area (Å²) in [4.78, 5) is 18.8. The molecule has 1 amide bonds. The van der Waals surface area contributed by atoms with E-state index in [1.54, 1.807) is 21.7 Å².